The summed E-state index contributed by atoms with van der Waals surface area (Å²) in [5.74, 6) is -0.819. The maximum atomic E-state index is 13.1. The maximum Gasteiger partial charge on any atom is 0.286 e. The summed E-state index contributed by atoms with van der Waals surface area (Å²) < 4.78 is 18.7. The number of nitrogens with one attached hydrogen (secondary N) is 2. The Morgan fingerprint density at radius 2 is 2.17 bits per heavy atom. The van der Waals surface area contributed by atoms with Gasteiger partial charge in [-0.2, -0.15) is 0 Å². The third-order valence-corrected chi connectivity index (χ3v) is 3.91. The molecule has 2 amide bonds. The minimum atomic E-state index is -0.377. The number of fused-ring (bicyclic) bond motifs is 1. The van der Waals surface area contributed by atoms with Crippen molar-refractivity contribution < 1.29 is 18.4 Å². The molecule has 3 rings (SSSR count). The zero-order valence-electron chi connectivity index (χ0n) is 11.8. The highest BCUT2D eigenvalue weighted by Crippen LogP contribution is 2.26. The summed E-state index contributed by atoms with van der Waals surface area (Å²) in [6.45, 7) is 0.172. The molecule has 2 aromatic heterocycles. The number of anilines is 1. The fourth-order valence-electron chi connectivity index (χ4n) is 1.92. The summed E-state index contributed by atoms with van der Waals surface area (Å²) in [6, 6.07) is 7.39. The number of carbonyl (C=O) groups excluding carboxylic acids is 2. The number of halogens is 1. The van der Waals surface area contributed by atoms with Crippen LogP contribution in [0.15, 0.2) is 41.0 Å². The third kappa shape index (κ3) is 3.72. The monoisotopic (exact) mass is 333 g/mol. The first-order valence-corrected chi connectivity index (χ1v) is 7.61. The van der Waals surface area contributed by atoms with Gasteiger partial charge in [0.15, 0.2) is 10.9 Å². The van der Waals surface area contributed by atoms with Gasteiger partial charge in [0.25, 0.3) is 5.91 Å². The van der Waals surface area contributed by atoms with E-state index in [9.17, 15) is 14.0 Å². The molecule has 0 radical (unpaired) electrons. The average Bonchev–Trinajstić information content (AvgIpc) is 3.15. The van der Waals surface area contributed by atoms with Crippen molar-refractivity contribution in [3.8, 4) is 0 Å². The average molecular weight is 333 g/mol. The summed E-state index contributed by atoms with van der Waals surface area (Å²) in [7, 11) is 0. The Labute approximate surface area is 134 Å². The minimum absolute atomic E-state index is 0.0940. The van der Waals surface area contributed by atoms with E-state index in [-0.39, 0.29) is 36.4 Å². The van der Waals surface area contributed by atoms with E-state index >= 15 is 0 Å². The Morgan fingerprint density at radius 1 is 1.30 bits per heavy atom. The SMILES string of the molecule is O=C(CCNC(=O)c1ccco1)Nc1nc2ccc(F)cc2s1. The first-order valence-electron chi connectivity index (χ1n) is 6.79. The van der Waals surface area contributed by atoms with Gasteiger partial charge in [0, 0.05) is 13.0 Å². The van der Waals surface area contributed by atoms with Crippen LogP contribution in [0.1, 0.15) is 17.0 Å². The van der Waals surface area contributed by atoms with Gasteiger partial charge in [-0.1, -0.05) is 11.3 Å². The van der Waals surface area contributed by atoms with Crippen LogP contribution in [-0.2, 0) is 4.79 Å². The maximum absolute atomic E-state index is 13.1. The summed E-state index contributed by atoms with van der Waals surface area (Å²) in [5.41, 5.74) is 0.623. The first-order chi connectivity index (χ1) is 11.1. The van der Waals surface area contributed by atoms with Crippen LogP contribution >= 0.6 is 11.3 Å². The van der Waals surface area contributed by atoms with E-state index in [0.717, 1.165) is 0 Å². The van der Waals surface area contributed by atoms with E-state index in [1.807, 2.05) is 0 Å². The van der Waals surface area contributed by atoms with Crippen molar-refractivity contribution in [2.45, 2.75) is 6.42 Å². The predicted molar refractivity (Wildman–Crippen MR) is 83.9 cm³/mol. The van der Waals surface area contributed by atoms with E-state index in [0.29, 0.717) is 15.3 Å². The zero-order valence-corrected chi connectivity index (χ0v) is 12.7. The smallest absolute Gasteiger partial charge is 0.286 e. The summed E-state index contributed by atoms with van der Waals surface area (Å²) >= 11 is 1.19. The molecule has 6 nitrogen and oxygen atoms in total. The van der Waals surface area contributed by atoms with Crippen LogP contribution in [0.2, 0.25) is 0 Å². The second-order valence-corrected chi connectivity index (χ2v) is 5.69. The predicted octanol–water partition coefficient (Wildman–Crippen LogP) is 2.79. The standard InChI is InChI=1S/C15H12FN3O3S/c16-9-3-4-10-12(8-9)23-15(18-10)19-13(20)5-6-17-14(21)11-2-1-7-22-11/h1-4,7-8H,5-6H2,(H,17,21)(H,18,19,20). The van der Waals surface area contributed by atoms with E-state index in [1.165, 1.54) is 35.8 Å². The molecule has 3 aromatic rings. The lowest BCUT2D eigenvalue weighted by atomic mass is 10.3. The number of hydrogen-bond acceptors (Lipinski definition) is 5. The second kappa shape index (κ2) is 6.57. The van der Waals surface area contributed by atoms with Gasteiger partial charge in [-0.05, 0) is 30.3 Å². The van der Waals surface area contributed by atoms with Gasteiger partial charge in [0.2, 0.25) is 5.91 Å². The highest BCUT2D eigenvalue weighted by Gasteiger charge is 2.11. The molecule has 8 heteroatoms. The van der Waals surface area contributed by atoms with Crippen molar-refractivity contribution in [3.05, 3.63) is 48.2 Å². The van der Waals surface area contributed by atoms with Gasteiger partial charge in [-0.15, -0.1) is 0 Å². The van der Waals surface area contributed by atoms with Gasteiger partial charge < -0.3 is 15.1 Å². The largest absolute Gasteiger partial charge is 0.459 e. The van der Waals surface area contributed by atoms with Crippen molar-refractivity contribution in [1.82, 2.24) is 10.3 Å². The van der Waals surface area contributed by atoms with Crippen molar-refractivity contribution in [2.75, 3.05) is 11.9 Å². The number of nitrogens with zero attached hydrogens (tertiary/aromatic N) is 1. The molecule has 0 fully saturated rings. The van der Waals surface area contributed by atoms with Crippen molar-refractivity contribution in [3.63, 3.8) is 0 Å². The van der Waals surface area contributed by atoms with Crippen LogP contribution in [0.3, 0.4) is 0 Å². The number of thiazole rings is 1. The van der Waals surface area contributed by atoms with Crippen LogP contribution in [0.25, 0.3) is 10.2 Å². The Balaban J connectivity index is 1.51. The summed E-state index contributed by atoms with van der Waals surface area (Å²) in [5, 5.41) is 5.60. The van der Waals surface area contributed by atoms with E-state index < -0.39 is 0 Å². The van der Waals surface area contributed by atoms with Gasteiger partial charge in [0.05, 0.1) is 16.5 Å². The number of rotatable bonds is 5. The van der Waals surface area contributed by atoms with Gasteiger partial charge in [0.1, 0.15) is 5.82 Å². The molecule has 23 heavy (non-hydrogen) atoms. The van der Waals surface area contributed by atoms with Crippen LogP contribution in [-0.4, -0.2) is 23.3 Å². The van der Waals surface area contributed by atoms with Crippen LogP contribution in [0.4, 0.5) is 9.52 Å². The molecule has 0 spiro atoms. The zero-order chi connectivity index (χ0) is 16.2. The molecule has 118 valence electrons. The van der Waals surface area contributed by atoms with Gasteiger partial charge >= 0.3 is 0 Å². The fraction of sp³-hybridized carbons (Fsp3) is 0.133. The Bertz CT molecular complexity index is 845. The Morgan fingerprint density at radius 3 is 2.96 bits per heavy atom. The lowest BCUT2D eigenvalue weighted by Gasteiger charge is -2.03. The lowest BCUT2D eigenvalue weighted by molar-refractivity contribution is -0.116. The van der Waals surface area contributed by atoms with Crippen molar-refractivity contribution in [1.29, 1.82) is 0 Å². The molecule has 1 aromatic carbocycles. The fourth-order valence-corrected chi connectivity index (χ4v) is 2.83. The molecule has 0 saturated heterocycles. The Hall–Kier alpha value is -2.74. The third-order valence-electron chi connectivity index (χ3n) is 2.98. The first kappa shape index (κ1) is 15.2. The van der Waals surface area contributed by atoms with E-state index in [4.69, 9.17) is 4.42 Å². The van der Waals surface area contributed by atoms with Gasteiger partial charge in [-0.25, -0.2) is 9.37 Å². The number of carbonyl (C=O) groups is 2. The summed E-state index contributed by atoms with van der Waals surface area (Å²) in [6.07, 6.45) is 1.49. The quantitative estimate of drug-likeness (QED) is 0.752. The van der Waals surface area contributed by atoms with Crippen LogP contribution < -0.4 is 10.6 Å². The molecule has 2 heterocycles. The minimum Gasteiger partial charge on any atom is -0.459 e. The summed E-state index contributed by atoms with van der Waals surface area (Å²) in [4.78, 5) is 27.6. The second-order valence-electron chi connectivity index (χ2n) is 4.66. The highest BCUT2D eigenvalue weighted by molar-refractivity contribution is 7.22. The molecular formula is C15H12FN3O3S. The highest BCUT2D eigenvalue weighted by atomic mass is 32.1. The van der Waals surface area contributed by atoms with Crippen LogP contribution in [0, 0.1) is 5.82 Å². The molecule has 0 unspecified atom stereocenters. The molecule has 0 aliphatic rings. The van der Waals surface area contributed by atoms with Crippen molar-refractivity contribution in [2.24, 2.45) is 0 Å². The van der Waals surface area contributed by atoms with E-state index in [1.54, 1.807) is 12.1 Å². The normalized spacial score (nSPS) is 10.7. The number of amides is 2. The van der Waals surface area contributed by atoms with E-state index in [2.05, 4.69) is 15.6 Å². The van der Waals surface area contributed by atoms with Gasteiger partial charge in [-0.3, -0.25) is 9.59 Å². The van der Waals surface area contributed by atoms with Crippen LogP contribution in [0.5, 0.6) is 0 Å². The molecule has 0 aliphatic carbocycles. The lowest BCUT2D eigenvalue weighted by Crippen LogP contribution is -2.27. The topological polar surface area (TPSA) is 84.2 Å². The molecular weight excluding hydrogens is 321 g/mol. The molecule has 0 aliphatic heterocycles. The number of hydrogen-bond donors (Lipinski definition) is 2. The molecule has 0 atom stereocenters. The molecule has 0 saturated carbocycles. The molecule has 2 N–H and O–H groups in total. The Kier molecular flexibility index (Phi) is 4.33. The number of furan rings is 1. The number of aromatic nitrogens is 1. The van der Waals surface area contributed by atoms with Crippen molar-refractivity contribution >= 4 is 38.5 Å². The number of benzene rings is 1. The molecule has 0 bridgehead atoms.